The number of halogens is 1. The summed E-state index contributed by atoms with van der Waals surface area (Å²) < 4.78 is 6.85. The predicted molar refractivity (Wildman–Crippen MR) is 77.9 cm³/mol. The van der Waals surface area contributed by atoms with Crippen molar-refractivity contribution < 1.29 is 9.84 Å². The van der Waals surface area contributed by atoms with Gasteiger partial charge in [-0.25, -0.2) is 0 Å². The Morgan fingerprint density at radius 2 is 2.42 bits per heavy atom. The van der Waals surface area contributed by atoms with Crippen molar-refractivity contribution in [3.8, 4) is 0 Å². The van der Waals surface area contributed by atoms with Crippen molar-refractivity contribution >= 4 is 22.9 Å². The van der Waals surface area contributed by atoms with Gasteiger partial charge >= 0.3 is 0 Å². The maximum Gasteiger partial charge on any atom is 0.105 e. The zero-order valence-corrected chi connectivity index (χ0v) is 12.9. The van der Waals surface area contributed by atoms with E-state index in [9.17, 15) is 5.11 Å². The van der Waals surface area contributed by atoms with Gasteiger partial charge in [0.1, 0.15) is 11.7 Å². The summed E-state index contributed by atoms with van der Waals surface area (Å²) in [4.78, 5) is 3.63. The van der Waals surface area contributed by atoms with E-state index >= 15 is 0 Å². The van der Waals surface area contributed by atoms with Gasteiger partial charge in [-0.1, -0.05) is 18.5 Å². The first-order valence-corrected chi connectivity index (χ1v) is 8.11. The van der Waals surface area contributed by atoms with Gasteiger partial charge in [-0.2, -0.15) is 0 Å². The highest BCUT2D eigenvalue weighted by Gasteiger charge is 2.46. The van der Waals surface area contributed by atoms with Gasteiger partial charge < -0.3 is 14.7 Å². The lowest BCUT2D eigenvalue weighted by Gasteiger charge is -2.47. The van der Waals surface area contributed by atoms with E-state index in [2.05, 4.69) is 18.7 Å². The molecule has 0 aliphatic carbocycles. The standard InChI is InChI=1S/C14H20ClNO2S/c1-3-16-5-4-14(7-9(16)2)13-10(6-12(15)19-13)11(17)8-18-14/h6,9,11,17H,3-5,7-8H2,1-2H3/t9-,11-,14+/m0/s1. The Morgan fingerprint density at radius 3 is 3.11 bits per heavy atom. The summed E-state index contributed by atoms with van der Waals surface area (Å²) in [6.07, 6.45) is 1.45. The summed E-state index contributed by atoms with van der Waals surface area (Å²) in [5, 5.41) is 10.1. The Kier molecular flexibility index (Phi) is 3.65. The molecule has 1 spiro atoms. The van der Waals surface area contributed by atoms with Gasteiger partial charge in [0.2, 0.25) is 0 Å². The highest BCUT2D eigenvalue weighted by molar-refractivity contribution is 7.16. The maximum atomic E-state index is 10.1. The minimum Gasteiger partial charge on any atom is -0.386 e. The molecule has 1 N–H and O–H groups in total. The van der Waals surface area contributed by atoms with Gasteiger partial charge in [-0.3, -0.25) is 0 Å². The van der Waals surface area contributed by atoms with Crippen LogP contribution in [0.1, 0.15) is 43.2 Å². The van der Waals surface area contributed by atoms with Crippen molar-refractivity contribution in [2.24, 2.45) is 0 Å². The van der Waals surface area contributed by atoms with E-state index in [1.54, 1.807) is 11.3 Å². The molecule has 2 aliphatic heterocycles. The molecule has 3 rings (SSSR count). The van der Waals surface area contributed by atoms with Crippen LogP contribution in [0.2, 0.25) is 4.34 Å². The molecular weight excluding hydrogens is 282 g/mol. The largest absolute Gasteiger partial charge is 0.386 e. The molecule has 0 saturated carbocycles. The molecule has 3 nitrogen and oxygen atoms in total. The summed E-state index contributed by atoms with van der Waals surface area (Å²) in [5.41, 5.74) is 0.760. The highest BCUT2D eigenvalue weighted by atomic mass is 35.5. The lowest BCUT2D eigenvalue weighted by Crippen LogP contribution is -2.50. The lowest BCUT2D eigenvalue weighted by atomic mass is 9.81. The van der Waals surface area contributed by atoms with E-state index in [0.717, 1.165) is 40.7 Å². The molecule has 3 heterocycles. The van der Waals surface area contributed by atoms with Crippen LogP contribution in [0.4, 0.5) is 0 Å². The molecule has 2 aliphatic rings. The molecule has 19 heavy (non-hydrogen) atoms. The van der Waals surface area contributed by atoms with Gasteiger partial charge in [0.25, 0.3) is 0 Å². The van der Waals surface area contributed by atoms with Crippen LogP contribution < -0.4 is 0 Å². The number of ether oxygens (including phenoxy) is 1. The summed E-state index contributed by atoms with van der Waals surface area (Å²) in [6, 6.07) is 2.41. The number of aliphatic hydroxyl groups excluding tert-OH is 1. The van der Waals surface area contributed by atoms with Crippen LogP contribution in [-0.2, 0) is 10.3 Å². The number of thiophene rings is 1. The molecule has 1 aromatic heterocycles. The van der Waals surface area contributed by atoms with Crippen LogP contribution in [0.15, 0.2) is 6.07 Å². The number of aliphatic hydroxyl groups is 1. The maximum absolute atomic E-state index is 10.1. The van der Waals surface area contributed by atoms with Crippen molar-refractivity contribution in [3.05, 3.63) is 20.8 Å². The van der Waals surface area contributed by atoms with E-state index in [-0.39, 0.29) is 5.60 Å². The van der Waals surface area contributed by atoms with Gasteiger partial charge in [-0.05, 0) is 32.4 Å². The van der Waals surface area contributed by atoms with E-state index in [1.165, 1.54) is 0 Å². The van der Waals surface area contributed by atoms with Crippen LogP contribution in [0.3, 0.4) is 0 Å². The number of fused-ring (bicyclic) bond motifs is 2. The van der Waals surface area contributed by atoms with E-state index in [1.807, 2.05) is 6.07 Å². The molecule has 5 heteroatoms. The van der Waals surface area contributed by atoms with Gasteiger partial charge in [0.05, 0.1) is 10.9 Å². The normalized spacial score (nSPS) is 35.6. The molecule has 1 aromatic rings. The Hall–Kier alpha value is -0.130. The molecule has 106 valence electrons. The number of rotatable bonds is 1. The van der Waals surface area contributed by atoms with E-state index in [0.29, 0.717) is 12.6 Å². The molecule has 0 unspecified atom stereocenters. The number of piperidine rings is 1. The lowest BCUT2D eigenvalue weighted by molar-refractivity contribution is -0.137. The Labute approximate surface area is 123 Å². The number of nitrogens with zero attached hydrogens (tertiary/aromatic N) is 1. The second kappa shape index (κ2) is 5.01. The summed E-state index contributed by atoms with van der Waals surface area (Å²) in [5.74, 6) is 0. The molecule has 3 atom stereocenters. The van der Waals surface area contributed by atoms with Gasteiger partial charge in [0, 0.05) is 23.0 Å². The SMILES string of the molecule is CCN1CC[C@]2(C[C@@H]1C)OC[C@H](O)c1cc(Cl)sc12. The minimum atomic E-state index is -0.524. The summed E-state index contributed by atoms with van der Waals surface area (Å²) >= 11 is 7.72. The first-order valence-electron chi connectivity index (χ1n) is 6.91. The topological polar surface area (TPSA) is 32.7 Å². The zero-order chi connectivity index (χ0) is 13.6. The van der Waals surface area contributed by atoms with Crippen LogP contribution in [0.5, 0.6) is 0 Å². The first-order chi connectivity index (χ1) is 9.05. The molecule has 1 fully saturated rings. The van der Waals surface area contributed by atoms with Crippen LogP contribution in [0.25, 0.3) is 0 Å². The first kappa shape index (κ1) is 13.8. The number of hydrogen-bond acceptors (Lipinski definition) is 4. The van der Waals surface area contributed by atoms with Gasteiger partial charge in [-0.15, -0.1) is 11.3 Å². The molecule has 0 aromatic carbocycles. The summed E-state index contributed by atoms with van der Waals surface area (Å²) in [6.45, 7) is 6.97. The third-order valence-electron chi connectivity index (χ3n) is 4.48. The van der Waals surface area contributed by atoms with Crippen molar-refractivity contribution in [1.29, 1.82) is 0 Å². The molecular formula is C14H20ClNO2S. The van der Waals surface area contributed by atoms with E-state index in [4.69, 9.17) is 16.3 Å². The third kappa shape index (κ3) is 2.24. The smallest absolute Gasteiger partial charge is 0.105 e. The monoisotopic (exact) mass is 301 g/mol. The fourth-order valence-corrected chi connectivity index (χ4v) is 4.90. The summed E-state index contributed by atoms with van der Waals surface area (Å²) in [7, 11) is 0. The molecule has 0 radical (unpaired) electrons. The fraction of sp³-hybridized carbons (Fsp3) is 0.714. The molecule has 0 bridgehead atoms. The average molecular weight is 302 g/mol. The second-order valence-electron chi connectivity index (χ2n) is 5.59. The van der Waals surface area contributed by atoms with Crippen molar-refractivity contribution in [2.45, 2.75) is 44.4 Å². The molecule has 1 saturated heterocycles. The van der Waals surface area contributed by atoms with Crippen LogP contribution in [0, 0.1) is 0 Å². The second-order valence-corrected chi connectivity index (χ2v) is 7.27. The zero-order valence-electron chi connectivity index (χ0n) is 11.4. The fourth-order valence-electron chi connectivity index (χ4n) is 3.43. The van der Waals surface area contributed by atoms with Crippen LogP contribution in [-0.4, -0.2) is 35.7 Å². The quantitative estimate of drug-likeness (QED) is 0.865. The van der Waals surface area contributed by atoms with Crippen molar-refractivity contribution in [3.63, 3.8) is 0 Å². The Bertz CT molecular complexity index is 478. The minimum absolute atomic E-state index is 0.225. The number of hydrogen-bond donors (Lipinski definition) is 1. The predicted octanol–water partition coefficient (Wildman–Crippen LogP) is 3.16. The van der Waals surface area contributed by atoms with Crippen molar-refractivity contribution in [2.75, 3.05) is 19.7 Å². The van der Waals surface area contributed by atoms with E-state index < -0.39 is 6.10 Å². The average Bonchev–Trinajstić information content (AvgIpc) is 2.78. The Morgan fingerprint density at radius 1 is 1.63 bits per heavy atom. The Balaban J connectivity index is 1.95. The van der Waals surface area contributed by atoms with Crippen LogP contribution >= 0.6 is 22.9 Å². The van der Waals surface area contributed by atoms with Crippen molar-refractivity contribution in [1.82, 2.24) is 4.90 Å². The third-order valence-corrected chi connectivity index (χ3v) is 5.94. The number of likely N-dealkylation sites (tertiary alicyclic amines) is 1. The van der Waals surface area contributed by atoms with Gasteiger partial charge in [0.15, 0.2) is 0 Å². The molecule has 0 amide bonds. The highest BCUT2D eigenvalue weighted by Crippen LogP contribution is 2.50.